The molecule has 0 saturated carbocycles. The Hall–Kier alpha value is -0.0106. The van der Waals surface area contributed by atoms with Gasteiger partial charge in [0, 0.05) is 84.6 Å². The first-order valence-electron chi connectivity index (χ1n) is 7.05. The van der Waals surface area contributed by atoms with Gasteiger partial charge in [0.25, 0.3) is 0 Å². The summed E-state index contributed by atoms with van der Waals surface area (Å²) in [7, 11) is 33.4. The molecular formula is C8H13B10N2. The Labute approximate surface area is 132 Å². The Kier molecular flexibility index (Phi) is 4.62. The third kappa shape index (κ3) is 2.16. The maximum Gasteiger partial charge on any atom is 0.246 e. The zero-order valence-corrected chi connectivity index (χ0v) is 12.5. The Balaban J connectivity index is 2.30. The molecule has 0 spiro atoms. The summed E-state index contributed by atoms with van der Waals surface area (Å²) in [4.78, 5) is 4.41. The van der Waals surface area contributed by atoms with Crippen LogP contribution in [0.25, 0.3) is 0 Å². The molecule has 0 N–H and O–H groups in total. The maximum absolute atomic E-state index is 6.10. The molecule has 0 aromatic rings. The van der Waals surface area contributed by atoms with Gasteiger partial charge in [-0.2, -0.15) is 0 Å². The molecule has 3 atom stereocenters. The van der Waals surface area contributed by atoms with Gasteiger partial charge in [-0.05, 0) is 6.92 Å². The van der Waals surface area contributed by atoms with Crippen molar-refractivity contribution >= 4 is 72.0 Å². The molecule has 0 bridgehead atoms. The highest BCUT2D eigenvalue weighted by Crippen LogP contribution is 2.66. The van der Waals surface area contributed by atoms with Crippen LogP contribution in [0.1, 0.15) is 13.8 Å². The maximum atomic E-state index is 6.10. The summed E-state index contributed by atoms with van der Waals surface area (Å²) in [5, 5.41) is -0.382. The highest BCUT2D eigenvalue weighted by Gasteiger charge is 2.71. The Morgan fingerprint density at radius 1 is 1.20 bits per heavy atom. The fourth-order valence-electron chi connectivity index (χ4n) is 3.92. The first-order valence-corrected chi connectivity index (χ1v) is 7.05. The average molecular weight is 245 g/mol. The molecule has 20 heavy (non-hydrogen) atoms. The molecule has 2 heterocycles. The van der Waals surface area contributed by atoms with Crippen molar-refractivity contribution in [1.82, 2.24) is 9.71 Å². The molecule has 1 fully saturated rings. The van der Waals surface area contributed by atoms with Gasteiger partial charge in [-0.1, -0.05) is 12.7 Å². The van der Waals surface area contributed by atoms with Crippen LogP contribution in [0.2, 0.25) is 10.9 Å². The lowest BCUT2D eigenvalue weighted by molar-refractivity contribution is 0.275. The van der Waals surface area contributed by atoms with E-state index in [0.717, 1.165) is 0 Å². The van der Waals surface area contributed by atoms with Crippen LogP contribution in [0, 0.1) is 0 Å². The molecular weight excluding hydrogens is 232 g/mol. The molecule has 2 unspecified atom stereocenters. The predicted molar refractivity (Wildman–Crippen MR) is 97.9 cm³/mol. The smallest absolute Gasteiger partial charge is 0.246 e. The van der Waals surface area contributed by atoms with Crippen molar-refractivity contribution in [2.24, 2.45) is 0 Å². The minimum Gasteiger partial charge on any atom is -0.402 e. The SMILES string of the molecule is [B][B]B(B([B])[B])C1(B([B])[B])B(N2C=CN(C)[C@@H]2C)C1C. The molecule has 11 radical (unpaired) electrons. The minimum atomic E-state index is -0.568. The summed E-state index contributed by atoms with van der Waals surface area (Å²) in [6.07, 6.45) is 3.81. The molecule has 0 aliphatic carbocycles. The summed E-state index contributed by atoms with van der Waals surface area (Å²) < 4.78 is 0. The zero-order valence-electron chi connectivity index (χ0n) is 12.5. The van der Waals surface area contributed by atoms with Crippen molar-refractivity contribution in [3.8, 4) is 0 Å². The van der Waals surface area contributed by atoms with Gasteiger partial charge in [-0.15, -0.1) is 5.11 Å². The van der Waals surface area contributed by atoms with Gasteiger partial charge in [-0.3, -0.25) is 0 Å². The first-order chi connectivity index (χ1) is 9.29. The summed E-state index contributed by atoms with van der Waals surface area (Å²) in [5.41, 5.74) is 0. The fraction of sp³-hybridized carbons (Fsp3) is 0.750. The topological polar surface area (TPSA) is 6.48 Å². The number of hydrogen-bond acceptors (Lipinski definition) is 2. The van der Waals surface area contributed by atoms with Crippen molar-refractivity contribution in [3.05, 3.63) is 12.4 Å². The van der Waals surface area contributed by atoms with Gasteiger partial charge in [0.1, 0.15) is 0 Å². The van der Waals surface area contributed by atoms with Crippen molar-refractivity contribution in [2.75, 3.05) is 7.05 Å². The van der Waals surface area contributed by atoms with Crippen LogP contribution in [0.5, 0.6) is 0 Å². The van der Waals surface area contributed by atoms with E-state index in [-0.39, 0.29) is 30.4 Å². The van der Waals surface area contributed by atoms with Gasteiger partial charge in [0.2, 0.25) is 6.85 Å². The average Bonchev–Trinajstić information content (AvgIpc) is 2.83. The Bertz CT molecular complexity index is 391. The third-order valence-electron chi connectivity index (χ3n) is 5.26. The van der Waals surface area contributed by atoms with E-state index in [2.05, 4.69) is 29.8 Å². The van der Waals surface area contributed by atoms with Gasteiger partial charge in [0.05, 0.1) is 6.17 Å². The molecule has 1 saturated heterocycles. The second-order valence-corrected chi connectivity index (χ2v) is 6.10. The fourth-order valence-corrected chi connectivity index (χ4v) is 3.92. The number of rotatable bonds is 5. The predicted octanol–water partition coefficient (Wildman–Crippen LogP) is -2.23. The van der Waals surface area contributed by atoms with E-state index in [9.17, 15) is 0 Å². The zero-order chi connectivity index (χ0) is 15.2. The lowest BCUT2D eigenvalue weighted by Gasteiger charge is -2.36. The van der Waals surface area contributed by atoms with Crippen molar-refractivity contribution in [1.29, 1.82) is 0 Å². The van der Waals surface area contributed by atoms with Gasteiger partial charge in [-0.25, -0.2) is 0 Å². The first kappa shape index (κ1) is 16.4. The third-order valence-corrected chi connectivity index (χ3v) is 5.26. The highest BCUT2D eigenvalue weighted by atomic mass is 15.3. The van der Waals surface area contributed by atoms with E-state index in [4.69, 9.17) is 38.7 Å². The monoisotopic (exact) mass is 247 g/mol. The molecule has 0 aromatic heterocycles. The van der Waals surface area contributed by atoms with E-state index in [1.807, 2.05) is 13.2 Å². The van der Waals surface area contributed by atoms with E-state index in [0.29, 0.717) is 0 Å². The summed E-state index contributed by atoms with van der Waals surface area (Å²) in [6, 6.07) is 0. The molecule has 2 rings (SSSR count). The molecule has 0 aromatic carbocycles. The number of hydrogen-bond donors (Lipinski definition) is 0. The van der Waals surface area contributed by atoms with Crippen LogP contribution < -0.4 is 0 Å². The lowest BCUT2D eigenvalue weighted by Crippen LogP contribution is -2.57. The van der Waals surface area contributed by atoms with Crippen LogP contribution in [-0.2, 0) is 0 Å². The van der Waals surface area contributed by atoms with E-state index in [1.165, 1.54) is 0 Å². The second kappa shape index (κ2) is 5.65. The van der Waals surface area contributed by atoms with Crippen molar-refractivity contribution in [3.63, 3.8) is 0 Å². The number of nitrogens with zero attached hydrogens (tertiary/aromatic N) is 2. The molecule has 85 valence electrons. The molecule has 2 aliphatic rings. The van der Waals surface area contributed by atoms with Crippen LogP contribution >= 0.6 is 0 Å². The molecule has 2 nitrogen and oxygen atoms in total. The normalized spacial score (nSPS) is 31.4. The lowest BCUT2D eigenvalue weighted by atomic mass is 8.73. The van der Waals surface area contributed by atoms with E-state index >= 15 is 0 Å². The van der Waals surface area contributed by atoms with Gasteiger partial charge < -0.3 is 9.71 Å². The summed E-state index contributed by atoms with van der Waals surface area (Å²) in [6.45, 7) is 3.73. The van der Waals surface area contributed by atoms with Gasteiger partial charge >= 0.3 is 0 Å². The quantitative estimate of drug-likeness (QED) is 0.506. The minimum absolute atomic E-state index is 0.193. The van der Waals surface area contributed by atoms with E-state index < -0.39 is 12.9 Å². The largest absolute Gasteiger partial charge is 0.402 e. The van der Waals surface area contributed by atoms with Crippen molar-refractivity contribution < 1.29 is 0 Å². The highest BCUT2D eigenvalue weighted by molar-refractivity contribution is 7.76. The summed E-state index contributed by atoms with van der Waals surface area (Å²) in [5.74, 6) is 0.278. The second-order valence-electron chi connectivity index (χ2n) is 6.10. The van der Waals surface area contributed by atoms with Gasteiger partial charge in [0.15, 0.2) is 0 Å². The van der Waals surface area contributed by atoms with Crippen LogP contribution in [0.3, 0.4) is 0 Å². The molecule has 0 amide bonds. The van der Waals surface area contributed by atoms with Crippen LogP contribution in [0.4, 0.5) is 0 Å². The van der Waals surface area contributed by atoms with Crippen LogP contribution in [0.15, 0.2) is 12.4 Å². The molecule has 12 heteroatoms. The Morgan fingerprint density at radius 2 is 1.80 bits per heavy atom. The van der Waals surface area contributed by atoms with Crippen LogP contribution in [-0.4, -0.2) is 94.9 Å². The van der Waals surface area contributed by atoms with E-state index in [1.54, 1.807) is 7.06 Å². The van der Waals surface area contributed by atoms with Crippen molar-refractivity contribution in [2.45, 2.75) is 30.9 Å². The molecule has 2 aliphatic heterocycles. The Morgan fingerprint density at radius 3 is 2.15 bits per heavy atom. The standard InChI is InChI=1S/C8H13B10N2/c1-6-8(16(10)11,17(14-9)18(12)13)15(6)20-5-4-19(3)7(20)2/h4-7H,1-3H3/t6?,7-,8?/m0/s1. The summed E-state index contributed by atoms with van der Waals surface area (Å²) >= 11 is 0.